The Morgan fingerprint density at radius 2 is 2.18 bits per heavy atom. The van der Waals surface area contributed by atoms with Crippen molar-refractivity contribution in [1.29, 1.82) is 0 Å². The lowest BCUT2D eigenvalue weighted by Crippen LogP contribution is -2.22. The van der Waals surface area contributed by atoms with Gasteiger partial charge >= 0.3 is 0 Å². The summed E-state index contributed by atoms with van der Waals surface area (Å²) in [5, 5.41) is 7.72. The second-order valence-electron chi connectivity index (χ2n) is 3.66. The average Bonchev–Trinajstić information content (AvgIpc) is 2.57. The molecule has 1 aromatic carbocycles. The Bertz CT molecular complexity index is 634. The van der Waals surface area contributed by atoms with Gasteiger partial charge in [-0.2, -0.15) is 0 Å². The Morgan fingerprint density at radius 3 is 2.88 bits per heavy atom. The summed E-state index contributed by atoms with van der Waals surface area (Å²) in [4.78, 5) is 7.20. The molecule has 0 unspecified atom stereocenters. The number of sulfonamides is 1. The molecule has 8 heteroatoms. The summed E-state index contributed by atoms with van der Waals surface area (Å²) < 4.78 is 21.5. The number of nitrogens with two attached hydrogens (primary N) is 2. The number of nitrogens with one attached hydrogen (secondary N) is 2. The van der Waals surface area contributed by atoms with Gasteiger partial charge in [0.15, 0.2) is 0 Å². The third-order valence-corrected chi connectivity index (χ3v) is 2.96. The summed E-state index contributed by atoms with van der Waals surface area (Å²) in [6.07, 6.45) is 0. The molecule has 0 radical (unpaired) electrons. The third-order valence-electron chi connectivity index (χ3n) is 2.18. The zero-order valence-electron chi connectivity index (χ0n) is 8.97. The van der Waals surface area contributed by atoms with Gasteiger partial charge in [-0.05, 0) is 18.2 Å². The molecule has 0 amide bonds. The SMILES string of the molecule is Nc1ccc2nc(NCCS(N)(=O)=O)[nH]c2c1. The molecule has 1 heterocycles. The van der Waals surface area contributed by atoms with Crippen LogP contribution in [0, 0.1) is 0 Å². The van der Waals surface area contributed by atoms with E-state index in [1.807, 2.05) is 0 Å². The van der Waals surface area contributed by atoms with Crippen molar-refractivity contribution in [1.82, 2.24) is 9.97 Å². The number of hydrogen-bond donors (Lipinski definition) is 4. The van der Waals surface area contributed by atoms with Gasteiger partial charge in [0, 0.05) is 12.2 Å². The minimum absolute atomic E-state index is 0.147. The molecule has 0 bridgehead atoms. The molecule has 0 aliphatic rings. The molecule has 17 heavy (non-hydrogen) atoms. The Labute approximate surface area is 98.3 Å². The van der Waals surface area contributed by atoms with Crippen molar-refractivity contribution in [2.75, 3.05) is 23.3 Å². The number of imidazole rings is 1. The molecule has 0 spiro atoms. The van der Waals surface area contributed by atoms with E-state index in [0.717, 1.165) is 11.0 Å². The minimum Gasteiger partial charge on any atom is -0.399 e. The highest BCUT2D eigenvalue weighted by Crippen LogP contribution is 2.16. The number of aromatic nitrogens is 2. The second kappa shape index (κ2) is 4.22. The van der Waals surface area contributed by atoms with Crippen LogP contribution >= 0.6 is 0 Å². The molecule has 1 aromatic heterocycles. The summed E-state index contributed by atoms with van der Waals surface area (Å²) in [6.45, 7) is 0.203. The summed E-state index contributed by atoms with van der Waals surface area (Å²) in [7, 11) is -3.46. The van der Waals surface area contributed by atoms with Crippen LogP contribution < -0.4 is 16.2 Å². The van der Waals surface area contributed by atoms with Crippen LogP contribution in [0.4, 0.5) is 11.6 Å². The van der Waals surface area contributed by atoms with Crippen molar-refractivity contribution in [2.45, 2.75) is 0 Å². The Kier molecular flexibility index (Phi) is 2.90. The number of fused-ring (bicyclic) bond motifs is 1. The van der Waals surface area contributed by atoms with Crippen LogP contribution in [0.1, 0.15) is 0 Å². The number of aromatic amines is 1. The molecule has 92 valence electrons. The fourth-order valence-electron chi connectivity index (χ4n) is 1.42. The zero-order valence-corrected chi connectivity index (χ0v) is 9.79. The minimum atomic E-state index is -3.46. The van der Waals surface area contributed by atoms with Crippen molar-refractivity contribution >= 4 is 32.7 Å². The molecule has 0 saturated heterocycles. The number of H-pyrrole nitrogens is 1. The average molecular weight is 255 g/mol. The van der Waals surface area contributed by atoms with Crippen LogP contribution in [-0.4, -0.2) is 30.7 Å². The second-order valence-corrected chi connectivity index (χ2v) is 5.39. The van der Waals surface area contributed by atoms with Crippen LogP contribution in [0.15, 0.2) is 18.2 Å². The van der Waals surface area contributed by atoms with Crippen molar-refractivity contribution in [3.05, 3.63) is 18.2 Å². The highest BCUT2D eigenvalue weighted by Gasteiger charge is 2.05. The number of anilines is 2. The maximum atomic E-state index is 10.7. The van der Waals surface area contributed by atoms with Crippen LogP contribution in [0.5, 0.6) is 0 Å². The molecule has 0 aliphatic carbocycles. The number of nitrogens with zero attached hydrogens (tertiary/aromatic N) is 1. The largest absolute Gasteiger partial charge is 0.399 e. The Balaban J connectivity index is 2.09. The molecular weight excluding hydrogens is 242 g/mol. The lowest BCUT2D eigenvalue weighted by atomic mass is 10.3. The predicted octanol–water partition coefficient (Wildman–Crippen LogP) is -0.154. The summed E-state index contributed by atoms with van der Waals surface area (Å²) >= 11 is 0. The third kappa shape index (κ3) is 3.08. The van der Waals surface area contributed by atoms with E-state index in [1.165, 1.54) is 0 Å². The van der Waals surface area contributed by atoms with E-state index in [9.17, 15) is 8.42 Å². The Hall–Kier alpha value is -1.80. The van der Waals surface area contributed by atoms with Gasteiger partial charge in [0.05, 0.1) is 16.8 Å². The number of benzene rings is 1. The van der Waals surface area contributed by atoms with Gasteiger partial charge < -0.3 is 16.0 Å². The van der Waals surface area contributed by atoms with Gasteiger partial charge in [0.25, 0.3) is 0 Å². The van der Waals surface area contributed by atoms with E-state index < -0.39 is 10.0 Å². The number of rotatable bonds is 4. The van der Waals surface area contributed by atoms with Gasteiger partial charge in [0.2, 0.25) is 16.0 Å². The number of nitrogen functional groups attached to an aromatic ring is 1. The highest BCUT2D eigenvalue weighted by molar-refractivity contribution is 7.89. The topological polar surface area (TPSA) is 127 Å². The zero-order chi connectivity index (χ0) is 12.5. The molecule has 2 aromatic rings. The van der Waals surface area contributed by atoms with Gasteiger partial charge in [-0.15, -0.1) is 0 Å². The van der Waals surface area contributed by atoms with Crippen molar-refractivity contribution in [3.8, 4) is 0 Å². The molecule has 0 saturated carbocycles. The molecule has 0 fully saturated rings. The lowest BCUT2D eigenvalue weighted by Gasteiger charge is -2.00. The summed E-state index contributed by atoms with van der Waals surface area (Å²) in [6, 6.07) is 5.29. The standard InChI is InChI=1S/C9H13N5O2S/c10-6-1-2-7-8(5-6)14-9(13-7)12-3-4-17(11,15)16/h1-2,5H,3-4,10H2,(H2,11,15,16)(H2,12,13,14). The van der Waals surface area contributed by atoms with E-state index >= 15 is 0 Å². The first-order chi connectivity index (χ1) is 7.94. The molecule has 0 atom stereocenters. The van der Waals surface area contributed by atoms with Gasteiger partial charge in [-0.3, -0.25) is 0 Å². The maximum absolute atomic E-state index is 10.7. The molecule has 6 N–H and O–H groups in total. The van der Waals surface area contributed by atoms with E-state index in [4.69, 9.17) is 10.9 Å². The van der Waals surface area contributed by atoms with E-state index in [1.54, 1.807) is 18.2 Å². The summed E-state index contributed by atoms with van der Waals surface area (Å²) in [5.41, 5.74) is 7.82. The molecule has 2 rings (SSSR count). The maximum Gasteiger partial charge on any atom is 0.210 e. The highest BCUT2D eigenvalue weighted by atomic mass is 32.2. The lowest BCUT2D eigenvalue weighted by molar-refractivity contribution is 0.598. The van der Waals surface area contributed by atoms with Gasteiger partial charge in [-0.1, -0.05) is 0 Å². The first-order valence-electron chi connectivity index (χ1n) is 4.94. The van der Waals surface area contributed by atoms with Crippen molar-refractivity contribution in [3.63, 3.8) is 0 Å². The number of hydrogen-bond acceptors (Lipinski definition) is 5. The van der Waals surface area contributed by atoms with Crippen LogP contribution in [0.3, 0.4) is 0 Å². The summed E-state index contributed by atoms with van der Waals surface area (Å²) in [5.74, 6) is 0.348. The first kappa shape index (κ1) is 11.7. The van der Waals surface area contributed by atoms with E-state index in [-0.39, 0.29) is 12.3 Å². The fourth-order valence-corrected chi connectivity index (χ4v) is 1.81. The smallest absolute Gasteiger partial charge is 0.210 e. The van der Waals surface area contributed by atoms with E-state index in [0.29, 0.717) is 11.6 Å². The molecule has 0 aliphatic heterocycles. The van der Waals surface area contributed by atoms with Crippen molar-refractivity contribution < 1.29 is 8.42 Å². The molecule has 7 nitrogen and oxygen atoms in total. The van der Waals surface area contributed by atoms with Crippen LogP contribution in [0.25, 0.3) is 11.0 Å². The van der Waals surface area contributed by atoms with Crippen LogP contribution in [-0.2, 0) is 10.0 Å². The fraction of sp³-hybridized carbons (Fsp3) is 0.222. The first-order valence-corrected chi connectivity index (χ1v) is 6.65. The van der Waals surface area contributed by atoms with Gasteiger partial charge in [0.1, 0.15) is 0 Å². The number of primary sulfonamides is 1. The Morgan fingerprint density at radius 1 is 1.41 bits per heavy atom. The normalized spacial score (nSPS) is 11.8. The van der Waals surface area contributed by atoms with Gasteiger partial charge in [-0.25, -0.2) is 18.5 Å². The van der Waals surface area contributed by atoms with Crippen molar-refractivity contribution in [2.24, 2.45) is 5.14 Å². The monoisotopic (exact) mass is 255 g/mol. The molecular formula is C9H13N5O2S. The van der Waals surface area contributed by atoms with E-state index in [2.05, 4.69) is 15.3 Å². The quantitative estimate of drug-likeness (QED) is 0.565. The van der Waals surface area contributed by atoms with Crippen LogP contribution in [0.2, 0.25) is 0 Å². The predicted molar refractivity (Wildman–Crippen MR) is 67.0 cm³/mol.